The van der Waals surface area contributed by atoms with E-state index in [0.717, 1.165) is 17.9 Å². The molecule has 22 heavy (non-hydrogen) atoms. The van der Waals surface area contributed by atoms with Crippen LogP contribution in [-0.2, 0) is 6.18 Å². The highest BCUT2D eigenvalue weighted by Gasteiger charge is 2.32. The quantitative estimate of drug-likeness (QED) is 0.741. The molecule has 1 fully saturated rings. The van der Waals surface area contributed by atoms with Gasteiger partial charge in [-0.1, -0.05) is 19.3 Å². The summed E-state index contributed by atoms with van der Waals surface area (Å²) in [5.41, 5.74) is -0.336. The number of halogens is 3. The number of pyridine rings is 1. The van der Waals surface area contributed by atoms with Crippen LogP contribution in [0.25, 0.3) is 5.52 Å². The molecule has 7 heteroatoms. The van der Waals surface area contributed by atoms with Crippen molar-refractivity contribution >= 4 is 17.6 Å². The van der Waals surface area contributed by atoms with Crippen LogP contribution < -0.4 is 4.18 Å². The largest absolute Gasteiger partial charge is 0.416 e. The number of rotatable bonds is 4. The van der Waals surface area contributed by atoms with Gasteiger partial charge in [0.2, 0.25) is 5.88 Å². The molecular weight excluding hydrogens is 313 g/mol. The second-order valence-electron chi connectivity index (χ2n) is 5.64. The van der Waals surface area contributed by atoms with Crippen molar-refractivity contribution in [3.63, 3.8) is 0 Å². The Bertz CT molecular complexity index is 635. The van der Waals surface area contributed by atoms with Gasteiger partial charge < -0.3 is 4.18 Å². The van der Waals surface area contributed by atoms with Crippen LogP contribution in [0.15, 0.2) is 24.7 Å². The summed E-state index contributed by atoms with van der Waals surface area (Å²) in [5.74, 6) is 1.58. The standard InChI is InChI=1S/C15H17F3N2OS/c16-15(17,18)12-6-13-8-19-10-20(13)14(7-12)21-22-9-11-4-2-1-3-5-11/h6-8,10-11H,1-5,9H2. The molecule has 1 aliphatic rings. The number of hydrogen-bond acceptors (Lipinski definition) is 3. The molecule has 0 aliphatic heterocycles. The fraction of sp³-hybridized carbons (Fsp3) is 0.533. The molecule has 0 aromatic carbocycles. The van der Waals surface area contributed by atoms with Gasteiger partial charge >= 0.3 is 6.18 Å². The number of alkyl halides is 3. The molecule has 1 saturated carbocycles. The van der Waals surface area contributed by atoms with Gasteiger partial charge in [0.1, 0.15) is 6.33 Å². The normalized spacial score (nSPS) is 17.0. The van der Waals surface area contributed by atoms with Crippen molar-refractivity contribution < 1.29 is 17.4 Å². The molecule has 0 atom stereocenters. The summed E-state index contributed by atoms with van der Waals surface area (Å²) in [6.07, 6.45) is 4.59. The van der Waals surface area contributed by atoms with Gasteiger partial charge in [0.15, 0.2) is 0 Å². The first-order chi connectivity index (χ1) is 10.5. The second-order valence-corrected chi connectivity index (χ2v) is 6.38. The van der Waals surface area contributed by atoms with Gasteiger partial charge in [-0.25, -0.2) is 4.98 Å². The minimum absolute atomic E-state index is 0.170. The Labute approximate surface area is 131 Å². The number of fused-ring (bicyclic) bond motifs is 1. The second kappa shape index (κ2) is 6.40. The topological polar surface area (TPSA) is 26.5 Å². The Morgan fingerprint density at radius 3 is 2.73 bits per heavy atom. The van der Waals surface area contributed by atoms with E-state index >= 15 is 0 Å². The lowest BCUT2D eigenvalue weighted by Crippen LogP contribution is -2.10. The van der Waals surface area contributed by atoms with Crippen LogP contribution in [0.5, 0.6) is 5.88 Å². The summed E-state index contributed by atoms with van der Waals surface area (Å²) in [6, 6.07) is 2.11. The van der Waals surface area contributed by atoms with Gasteiger partial charge in [-0.15, -0.1) is 0 Å². The van der Waals surface area contributed by atoms with Crippen LogP contribution in [-0.4, -0.2) is 15.1 Å². The predicted octanol–water partition coefficient (Wildman–Crippen LogP) is 4.96. The number of nitrogens with zero attached hydrogens (tertiary/aromatic N) is 2. The molecule has 0 bridgehead atoms. The monoisotopic (exact) mass is 330 g/mol. The van der Waals surface area contributed by atoms with E-state index in [1.807, 2.05) is 0 Å². The lowest BCUT2D eigenvalue weighted by atomic mass is 9.91. The maximum atomic E-state index is 12.9. The minimum atomic E-state index is -4.39. The Hall–Kier alpha value is -1.37. The van der Waals surface area contributed by atoms with Crippen molar-refractivity contribution in [2.75, 3.05) is 5.75 Å². The zero-order chi connectivity index (χ0) is 15.6. The van der Waals surface area contributed by atoms with E-state index in [9.17, 15) is 13.2 Å². The lowest BCUT2D eigenvalue weighted by Gasteiger charge is -2.20. The minimum Gasteiger partial charge on any atom is -0.407 e. The van der Waals surface area contributed by atoms with Crippen LogP contribution in [0.3, 0.4) is 0 Å². The molecule has 3 rings (SSSR count). The van der Waals surface area contributed by atoms with E-state index in [1.165, 1.54) is 61.1 Å². The molecule has 0 spiro atoms. The van der Waals surface area contributed by atoms with Crippen LogP contribution in [0.4, 0.5) is 13.2 Å². The fourth-order valence-corrected chi connectivity index (χ4v) is 3.62. The molecule has 0 radical (unpaired) electrons. The molecule has 0 N–H and O–H groups in total. The molecule has 1 aliphatic carbocycles. The lowest BCUT2D eigenvalue weighted by molar-refractivity contribution is -0.137. The molecule has 2 aromatic rings. The fourth-order valence-electron chi connectivity index (χ4n) is 2.77. The third kappa shape index (κ3) is 3.51. The number of hydrogen-bond donors (Lipinski definition) is 0. The van der Waals surface area contributed by atoms with Crippen molar-refractivity contribution in [2.45, 2.75) is 38.3 Å². The maximum absolute atomic E-state index is 12.9. The first-order valence-electron chi connectivity index (χ1n) is 7.37. The molecule has 2 heterocycles. The summed E-state index contributed by atoms with van der Waals surface area (Å²) in [5, 5.41) is 0. The third-order valence-corrected chi connectivity index (χ3v) is 4.88. The van der Waals surface area contributed by atoms with Crippen molar-refractivity contribution in [1.82, 2.24) is 9.38 Å². The highest BCUT2D eigenvalue weighted by molar-refractivity contribution is 7.95. The van der Waals surface area contributed by atoms with Crippen molar-refractivity contribution in [3.8, 4) is 5.88 Å². The third-order valence-electron chi connectivity index (χ3n) is 3.99. The maximum Gasteiger partial charge on any atom is 0.416 e. The van der Waals surface area contributed by atoms with Gasteiger partial charge in [-0.3, -0.25) is 4.40 Å². The van der Waals surface area contributed by atoms with E-state index in [0.29, 0.717) is 11.4 Å². The van der Waals surface area contributed by atoms with E-state index in [1.54, 1.807) is 0 Å². The molecule has 3 nitrogen and oxygen atoms in total. The Morgan fingerprint density at radius 1 is 1.23 bits per heavy atom. The van der Waals surface area contributed by atoms with Crippen molar-refractivity contribution in [1.29, 1.82) is 0 Å². The van der Waals surface area contributed by atoms with Crippen LogP contribution in [0.1, 0.15) is 37.7 Å². The van der Waals surface area contributed by atoms with Gasteiger partial charge in [0.25, 0.3) is 0 Å². The van der Waals surface area contributed by atoms with Crippen LogP contribution in [0.2, 0.25) is 0 Å². The summed E-state index contributed by atoms with van der Waals surface area (Å²) in [7, 11) is 0. The van der Waals surface area contributed by atoms with E-state index in [2.05, 4.69) is 4.98 Å². The van der Waals surface area contributed by atoms with Gasteiger partial charge in [-0.05, 0) is 24.8 Å². The smallest absolute Gasteiger partial charge is 0.407 e. The average molecular weight is 330 g/mol. The van der Waals surface area contributed by atoms with E-state index in [-0.39, 0.29) is 5.88 Å². The predicted molar refractivity (Wildman–Crippen MR) is 79.9 cm³/mol. The van der Waals surface area contributed by atoms with Crippen LogP contribution in [0, 0.1) is 5.92 Å². The zero-order valence-corrected chi connectivity index (χ0v) is 12.8. The highest BCUT2D eigenvalue weighted by atomic mass is 32.2. The average Bonchev–Trinajstić information content (AvgIpc) is 2.96. The van der Waals surface area contributed by atoms with Crippen LogP contribution >= 0.6 is 12.0 Å². The van der Waals surface area contributed by atoms with E-state index < -0.39 is 11.7 Å². The Morgan fingerprint density at radius 2 is 2.00 bits per heavy atom. The number of imidazole rings is 1. The first kappa shape index (κ1) is 15.5. The zero-order valence-electron chi connectivity index (χ0n) is 12.0. The van der Waals surface area contributed by atoms with Gasteiger partial charge in [0.05, 0.1) is 29.3 Å². The van der Waals surface area contributed by atoms with Gasteiger partial charge in [0, 0.05) is 11.8 Å². The summed E-state index contributed by atoms with van der Waals surface area (Å²) in [6.45, 7) is 0. The molecule has 120 valence electrons. The first-order valence-corrected chi connectivity index (χ1v) is 8.28. The molecule has 0 saturated heterocycles. The molecular formula is C15H17F3N2OS. The Kier molecular flexibility index (Phi) is 4.52. The summed E-state index contributed by atoms with van der Waals surface area (Å²) < 4.78 is 45.9. The number of aromatic nitrogens is 2. The molecule has 2 aromatic heterocycles. The van der Waals surface area contributed by atoms with Crippen molar-refractivity contribution in [3.05, 3.63) is 30.2 Å². The Balaban J connectivity index is 1.73. The molecule has 0 amide bonds. The van der Waals surface area contributed by atoms with Gasteiger partial charge in [-0.2, -0.15) is 13.2 Å². The van der Waals surface area contributed by atoms with Crippen molar-refractivity contribution in [2.24, 2.45) is 5.92 Å². The summed E-state index contributed by atoms with van der Waals surface area (Å²) in [4.78, 5) is 3.89. The SMILES string of the molecule is FC(F)(F)c1cc(OSCC2CCCCC2)n2cncc2c1. The highest BCUT2D eigenvalue weighted by Crippen LogP contribution is 2.34. The van der Waals surface area contributed by atoms with E-state index in [4.69, 9.17) is 4.18 Å². The molecule has 0 unspecified atom stereocenters. The summed E-state index contributed by atoms with van der Waals surface area (Å²) >= 11 is 1.23.